The maximum Gasteiger partial charge on any atom is 0.494 e. The Morgan fingerprint density at radius 3 is 2.09 bits per heavy atom. The van der Waals surface area contributed by atoms with Crippen molar-refractivity contribution in [3.8, 4) is 0 Å². The Kier molecular flexibility index (Phi) is 5.42. The lowest BCUT2D eigenvalue weighted by Gasteiger charge is -2.38. The highest BCUT2D eigenvalue weighted by Crippen LogP contribution is 2.25. The van der Waals surface area contributed by atoms with Gasteiger partial charge in [-0.1, -0.05) is 0 Å². The molecule has 0 unspecified atom stereocenters. The van der Waals surface area contributed by atoms with Gasteiger partial charge >= 0.3 is 13.3 Å². The molecule has 1 aromatic rings. The van der Waals surface area contributed by atoms with Crippen molar-refractivity contribution in [3.63, 3.8) is 0 Å². The van der Waals surface area contributed by atoms with Gasteiger partial charge in [0.25, 0.3) is 0 Å². The fourth-order valence-corrected chi connectivity index (χ4v) is 1.23. The summed E-state index contributed by atoms with van der Waals surface area (Å²) < 4.78 is 41.5. The standard InChI is InChI=1S/C12H19BF3N3O3/c1-10(2,20)11(3,4)22-13(21)8-5-17-9(18-6-8)19-7-12(14,15)16/h5-6,20-21H,7H2,1-4H3,(H,17,18,19). The van der Waals surface area contributed by atoms with Crippen molar-refractivity contribution >= 4 is 18.5 Å². The van der Waals surface area contributed by atoms with Crippen LogP contribution in [0.4, 0.5) is 19.1 Å². The number of nitrogens with zero attached hydrogens (tertiary/aromatic N) is 2. The predicted octanol–water partition coefficient (Wildman–Crippen LogP) is 0.704. The maximum absolute atomic E-state index is 12.0. The van der Waals surface area contributed by atoms with Crippen LogP contribution < -0.4 is 10.8 Å². The predicted molar refractivity (Wildman–Crippen MR) is 75.6 cm³/mol. The number of aliphatic hydroxyl groups is 1. The van der Waals surface area contributed by atoms with E-state index in [4.69, 9.17) is 4.65 Å². The summed E-state index contributed by atoms with van der Waals surface area (Å²) in [7, 11) is -1.42. The van der Waals surface area contributed by atoms with E-state index in [1.807, 2.05) is 5.32 Å². The van der Waals surface area contributed by atoms with Gasteiger partial charge in [-0.05, 0) is 27.7 Å². The van der Waals surface area contributed by atoms with E-state index in [1.165, 1.54) is 13.8 Å². The summed E-state index contributed by atoms with van der Waals surface area (Å²) in [5.74, 6) is -0.213. The first kappa shape index (κ1) is 18.7. The van der Waals surface area contributed by atoms with Gasteiger partial charge in [-0.15, -0.1) is 0 Å². The van der Waals surface area contributed by atoms with Crippen LogP contribution >= 0.6 is 0 Å². The number of hydrogen-bond acceptors (Lipinski definition) is 6. The molecule has 0 aliphatic rings. The van der Waals surface area contributed by atoms with E-state index < -0.39 is 31.0 Å². The van der Waals surface area contributed by atoms with Crippen molar-refractivity contribution < 1.29 is 28.0 Å². The van der Waals surface area contributed by atoms with Gasteiger partial charge in [-0.3, -0.25) is 0 Å². The Morgan fingerprint density at radius 1 is 1.18 bits per heavy atom. The molecular formula is C12H19BF3N3O3. The second-order valence-corrected chi connectivity index (χ2v) is 5.85. The van der Waals surface area contributed by atoms with Gasteiger partial charge in [0.15, 0.2) is 0 Å². The number of alkyl halides is 3. The van der Waals surface area contributed by atoms with Crippen molar-refractivity contribution in [2.75, 3.05) is 11.9 Å². The maximum atomic E-state index is 12.0. The summed E-state index contributed by atoms with van der Waals surface area (Å²) >= 11 is 0. The van der Waals surface area contributed by atoms with Gasteiger partial charge in [0.1, 0.15) is 6.54 Å². The summed E-state index contributed by atoms with van der Waals surface area (Å²) in [5, 5.41) is 21.9. The van der Waals surface area contributed by atoms with Gasteiger partial charge in [-0.2, -0.15) is 13.2 Å². The zero-order valence-electron chi connectivity index (χ0n) is 12.8. The Bertz CT molecular complexity index is 489. The molecule has 124 valence electrons. The molecule has 0 aromatic carbocycles. The van der Waals surface area contributed by atoms with Gasteiger partial charge < -0.3 is 20.1 Å². The van der Waals surface area contributed by atoms with Gasteiger partial charge in [0.2, 0.25) is 5.95 Å². The number of halogens is 3. The SMILES string of the molecule is CC(C)(O)C(C)(C)OB(O)c1cnc(NCC(F)(F)F)nc1. The van der Waals surface area contributed by atoms with E-state index >= 15 is 0 Å². The molecule has 0 atom stereocenters. The Balaban J connectivity index is 2.70. The monoisotopic (exact) mass is 321 g/mol. The lowest BCUT2D eigenvalue weighted by Crippen LogP contribution is -2.53. The molecule has 10 heteroatoms. The molecule has 0 aliphatic carbocycles. The van der Waals surface area contributed by atoms with Crippen molar-refractivity contribution in [1.82, 2.24) is 9.97 Å². The fourth-order valence-electron chi connectivity index (χ4n) is 1.23. The highest BCUT2D eigenvalue weighted by molar-refractivity contribution is 6.59. The van der Waals surface area contributed by atoms with E-state index in [0.717, 1.165) is 12.4 Å². The quantitative estimate of drug-likeness (QED) is 0.669. The number of aromatic nitrogens is 2. The van der Waals surface area contributed by atoms with Crippen LogP contribution in [0.1, 0.15) is 27.7 Å². The van der Waals surface area contributed by atoms with E-state index in [2.05, 4.69) is 9.97 Å². The normalized spacial score (nSPS) is 13.1. The highest BCUT2D eigenvalue weighted by Gasteiger charge is 2.39. The van der Waals surface area contributed by atoms with Crippen LogP contribution in [-0.2, 0) is 4.65 Å². The number of nitrogens with one attached hydrogen (secondary N) is 1. The molecule has 0 fully saturated rings. The van der Waals surface area contributed by atoms with E-state index in [0.29, 0.717) is 0 Å². The molecule has 0 saturated carbocycles. The van der Waals surface area contributed by atoms with Crippen LogP contribution in [0.2, 0.25) is 0 Å². The van der Waals surface area contributed by atoms with Gasteiger partial charge in [-0.25, -0.2) is 9.97 Å². The Labute approximate surface area is 126 Å². The minimum Gasteiger partial charge on any atom is -0.423 e. The van der Waals surface area contributed by atoms with Crippen molar-refractivity contribution in [2.45, 2.75) is 45.1 Å². The molecule has 1 rings (SSSR count). The molecule has 6 nitrogen and oxygen atoms in total. The largest absolute Gasteiger partial charge is 0.494 e. The summed E-state index contributed by atoms with van der Waals surface area (Å²) in [6.07, 6.45) is -2.07. The molecule has 0 bridgehead atoms. The zero-order chi connectivity index (χ0) is 17.2. The molecule has 0 radical (unpaired) electrons. The number of anilines is 1. The van der Waals surface area contributed by atoms with Crippen LogP contribution in [0.25, 0.3) is 0 Å². The number of rotatable bonds is 6. The summed E-state index contributed by atoms with van der Waals surface area (Å²) in [6, 6.07) is 0. The number of hydrogen-bond donors (Lipinski definition) is 3. The van der Waals surface area contributed by atoms with Crippen molar-refractivity contribution in [2.24, 2.45) is 0 Å². The van der Waals surface area contributed by atoms with Crippen molar-refractivity contribution in [3.05, 3.63) is 12.4 Å². The topological polar surface area (TPSA) is 87.5 Å². The summed E-state index contributed by atoms with van der Waals surface area (Å²) in [4.78, 5) is 7.34. The van der Waals surface area contributed by atoms with Crippen molar-refractivity contribution in [1.29, 1.82) is 0 Å². The average Bonchev–Trinajstić information content (AvgIpc) is 2.34. The second-order valence-electron chi connectivity index (χ2n) is 5.85. The Morgan fingerprint density at radius 2 is 1.68 bits per heavy atom. The molecule has 0 saturated heterocycles. The molecule has 22 heavy (non-hydrogen) atoms. The highest BCUT2D eigenvalue weighted by atomic mass is 19.4. The van der Waals surface area contributed by atoms with E-state index in [1.54, 1.807) is 13.8 Å². The van der Waals surface area contributed by atoms with Crippen LogP contribution in [-0.4, -0.2) is 51.1 Å². The molecule has 3 N–H and O–H groups in total. The second kappa shape index (κ2) is 6.39. The molecule has 0 aliphatic heterocycles. The lowest BCUT2D eigenvalue weighted by atomic mass is 9.78. The van der Waals surface area contributed by atoms with E-state index in [-0.39, 0.29) is 11.4 Å². The van der Waals surface area contributed by atoms with Crippen LogP contribution in [0.15, 0.2) is 12.4 Å². The zero-order valence-corrected chi connectivity index (χ0v) is 12.8. The summed E-state index contributed by atoms with van der Waals surface area (Å²) in [5.41, 5.74) is -2.13. The first-order chi connectivity index (χ1) is 9.82. The first-order valence-electron chi connectivity index (χ1n) is 6.53. The van der Waals surface area contributed by atoms with Gasteiger partial charge in [0.05, 0.1) is 11.2 Å². The van der Waals surface area contributed by atoms with Crippen LogP contribution in [0.3, 0.4) is 0 Å². The molecule has 0 spiro atoms. The van der Waals surface area contributed by atoms with Crippen LogP contribution in [0, 0.1) is 0 Å². The average molecular weight is 321 g/mol. The summed E-state index contributed by atoms with van der Waals surface area (Å²) in [6.45, 7) is 4.99. The minimum atomic E-state index is -4.37. The first-order valence-corrected chi connectivity index (χ1v) is 6.53. The fraction of sp³-hybridized carbons (Fsp3) is 0.667. The van der Waals surface area contributed by atoms with Crippen LogP contribution in [0.5, 0.6) is 0 Å². The minimum absolute atomic E-state index is 0.162. The smallest absolute Gasteiger partial charge is 0.423 e. The molecule has 1 aromatic heterocycles. The lowest BCUT2D eigenvalue weighted by molar-refractivity contribution is -0.115. The molecule has 1 heterocycles. The van der Waals surface area contributed by atoms with Gasteiger partial charge in [0, 0.05) is 17.9 Å². The third kappa shape index (κ3) is 5.43. The third-order valence-electron chi connectivity index (χ3n) is 3.28. The van der Waals surface area contributed by atoms with E-state index in [9.17, 15) is 23.3 Å². The third-order valence-corrected chi connectivity index (χ3v) is 3.28. The molecular weight excluding hydrogens is 302 g/mol. The molecule has 0 amide bonds. The Hall–Kier alpha value is -1.39.